The van der Waals surface area contributed by atoms with Gasteiger partial charge in [-0.25, -0.2) is 0 Å². The highest BCUT2D eigenvalue weighted by molar-refractivity contribution is 6.04. The Bertz CT molecular complexity index is 935. The third-order valence-corrected chi connectivity index (χ3v) is 3.51. The summed E-state index contributed by atoms with van der Waals surface area (Å²) in [5.74, 6) is -3.11. The van der Waals surface area contributed by atoms with Crippen LogP contribution >= 0.6 is 0 Å². The summed E-state index contributed by atoms with van der Waals surface area (Å²) in [6.45, 7) is -1.26. The van der Waals surface area contributed by atoms with E-state index in [1.165, 1.54) is 28.8 Å². The highest BCUT2D eigenvalue weighted by atomic mass is 16.6. The number of nitro groups is 1. The topological polar surface area (TPSA) is 150 Å². The summed E-state index contributed by atoms with van der Waals surface area (Å²) in [5.41, 5.74) is -0.0217. The van der Waals surface area contributed by atoms with Gasteiger partial charge in [-0.15, -0.1) is 0 Å². The minimum atomic E-state index is -0.916. The molecule has 0 aliphatic rings. The molecule has 0 saturated heterocycles. The van der Waals surface area contributed by atoms with Crippen molar-refractivity contribution in [1.82, 2.24) is 15.2 Å². The molecule has 0 bridgehead atoms. The Balaban J connectivity index is 1.76. The van der Waals surface area contributed by atoms with Crippen LogP contribution in [0.2, 0.25) is 0 Å². The van der Waals surface area contributed by atoms with Crippen LogP contribution in [-0.4, -0.2) is 46.3 Å². The van der Waals surface area contributed by atoms with Gasteiger partial charge in [-0.1, -0.05) is 6.07 Å². The molecular formula is C17H16N4O7. The highest BCUT2D eigenvalue weighted by Crippen LogP contribution is 2.12. The van der Waals surface area contributed by atoms with Crippen molar-refractivity contribution in [2.45, 2.75) is 0 Å². The molecule has 1 aromatic heterocycles. The van der Waals surface area contributed by atoms with E-state index in [0.717, 1.165) is 6.07 Å². The number of aryl methyl sites for hydroxylation is 1. The van der Waals surface area contributed by atoms with Gasteiger partial charge in [0.2, 0.25) is 0 Å². The zero-order valence-corrected chi connectivity index (χ0v) is 14.7. The summed E-state index contributed by atoms with van der Waals surface area (Å²) in [6.07, 6.45) is 1.63. The molecule has 0 saturated carbocycles. The maximum atomic E-state index is 11.9. The summed E-state index contributed by atoms with van der Waals surface area (Å²) < 4.78 is 6.18. The molecule has 0 aliphatic heterocycles. The van der Waals surface area contributed by atoms with E-state index >= 15 is 0 Å². The number of nitro benzene ring substituents is 1. The number of ether oxygens (including phenoxy) is 1. The predicted octanol–water partition coefficient (Wildman–Crippen LogP) is 0.163. The van der Waals surface area contributed by atoms with E-state index in [4.69, 9.17) is 0 Å². The second-order valence-corrected chi connectivity index (χ2v) is 5.53. The van der Waals surface area contributed by atoms with Crippen LogP contribution < -0.4 is 10.6 Å². The van der Waals surface area contributed by atoms with Gasteiger partial charge >= 0.3 is 5.97 Å². The summed E-state index contributed by atoms with van der Waals surface area (Å²) >= 11 is 0. The van der Waals surface area contributed by atoms with Crippen molar-refractivity contribution < 1.29 is 28.8 Å². The van der Waals surface area contributed by atoms with E-state index in [1.807, 2.05) is 0 Å². The van der Waals surface area contributed by atoms with Gasteiger partial charge in [0.15, 0.2) is 6.61 Å². The Morgan fingerprint density at radius 2 is 1.89 bits per heavy atom. The monoisotopic (exact) mass is 388 g/mol. The molecule has 1 heterocycles. The van der Waals surface area contributed by atoms with Crippen LogP contribution in [0.1, 0.15) is 20.8 Å². The minimum Gasteiger partial charge on any atom is -0.454 e. The van der Waals surface area contributed by atoms with Crippen LogP contribution in [0.5, 0.6) is 0 Å². The molecule has 11 heteroatoms. The van der Waals surface area contributed by atoms with Gasteiger partial charge in [0.25, 0.3) is 23.4 Å². The molecule has 11 nitrogen and oxygen atoms in total. The Kier molecular flexibility index (Phi) is 6.58. The number of amides is 3. The number of non-ortho nitro benzene ring substituents is 1. The van der Waals surface area contributed by atoms with E-state index in [2.05, 4.69) is 15.4 Å². The summed E-state index contributed by atoms with van der Waals surface area (Å²) in [6, 6.07) is 8.10. The molecule has 1 aromatic carbocycles. The number of carbonyl (C=O) groups is 4. The summed E-state index contributed by atoms with van der Waals surface area (Å²) in [5, 5.41) is 15.0. The van der Waals surface area contributed by atoms with Crippen molar-refractivity contribution in [2.75, 3.05) is 13.2 Å². The fourth-order valence-electron chi connectivity index (χ4n) is 2.14. The van der Waals surface area contributed by atoms with Gasteiger partial charge in [-0.3, -0.25) is 34.6 Å². The molecule has 0 radical (unpaired) electrons. The second kappa shape index (κ2) is 9.07. The maximum absolute atomic E-state index is 11.9. The van der Waals surface area contributed by atoms with Gasteiger partial charge in [-0.05, 0) is 18.2 Å². The first-order valence-electron chi connectivity index (χ1n) is 7.91. The molecule has 0 unspecified atom stereocenters. The fourth-order valence-corrected chi connectivity index (χ4v) is 2.14. The second-order valence-electron chi connectivity index (χ2n) is 5.53. The fraction of sp³-hybridized carbons (Fsp3) is 0.176. The molecule has 28 heavy (non-hydrogen) atoms. The number of aromatic nitrogens is 1. The van der Waals surface area contributed by atoms with Gasteiger partial charge < -0.3 is 14.6 Å². The normalized spacial score (nSPS) is 10.0. The number of nitrogens with one attached hydrogen (secondary N) is 2. The maximum Gasteiger partial charge on any atom is 0.325 e. The predicted molar refractivity (Wildman–Crippen MR) is 94.3 cm³/mol. The van der Waals surface area contributed by atoms with E-state index in [9.17, 15) is 29.3 Å². The number of benzene rings is 1. The van der Waals surface area contributed by atoms with Crippen LogP contribution in [0.25, 0.3) is 0 Å². The van der Waals surface area contributed by atoms with E-state index in [-0.39, 0.29) is 16.9 Å². The van der Waals surface area contributed by atoms with E-state index in [1.54, 1.807) is 19.3 Å². The van der Waals surface area contributed by atoms with Crippen molar-refractivity contribution in [3.05, 3.63) is 64.0 Å². The van der Waals surface area contributed by atoms with Crippen molar-refractivity contribution in [3.8, 4) is 0 Å². The average molecular weight is 388 g/mol. The lowest BCUT2D eigenvalue weighted by molar-refractivity contribution is -0.384. The molecule has 2 N–H and O–H groups in total. The Labute approximate surface area is 158 Å². The van der Waals surface area contributed by atoms with Crippen molar-refractivity contribution in [3.63, 3.8) is 0 Å². The standard InChI is InChI=1S/C17H16N4O7/c1-20-7-3-6-13(20)17(25)19-14(22)10-28-15(23)9-18-16(24)11-4-2-5-12(8-11)21(26)27/h2-8H,9-10H2,1H3,(H,18,24)(H,19,22,25). The number of imide groups is 1. The summed E-state index contributed by atoms with van der Waals surface area (Å²) in [7, 11) is 1.63. The Morgan fingerprint density at radius 3 is 2.54 bits per heavy atom. The Hall–Kier alpha value is -4.02. The van der Waals surface area contributed by atoms with Crippen LogP contribution in [0, 0.1) is 10.1 Å². The third kappa shape index (κ3) is 5.49. The molecule has 2 aromatic rings. The van der Waals surface area contributed by atoms with E-state index < -0.39 is 41.8 Å². The molecule has 0 atom stereocenters. The molecule has 0 aliphatic carbocycles. The number of esters is 1. The van der Waals surface area contributed by atoms with Crippen LogP contribution in [0.15, 0.2) is 42.6 Å². The molecule has 0 spiro atoms. The largest absolute Gasteiger partial charge is 0.454 e. The van der Waals surface area contributed by atoms with Crippen molar-refractivity contribution in [2.24, 2.45) is 7.05 Å². The first kappa shape index (κ1) is 20.3. The Morgan fingerprint density at radius 1 is 1.14 bits per heavy atom. The lowest BCUT2D eigenvalue weighted by Gasteiger charge is -2.07. The number of rotatable bonds is 7. The third-order valence-electron chi connectivity index (χ3n) is 3.51. The SMILES string of the molecule is Cn1cccc1C(=O)NC(=O)COC(=O)CNC(=O)c1cccc([N+](=O)[O-])c1. The molecule has 2 rings (SSSR count). The van der Waals surface area contributed by atoms with Crippen LogP contribution in [-0.2, 0) is 21.4 Å². The zero-order valence-electron chi connectivity index (χ0n) is 14.7. The van der Waals surface area contributed by atoms with Gasteiger partial charge in [0.05, 0.1) is 4.92 Å². The molecule has 0 fully saturated rings. The van der Waals surface area contributed by atoms with Gasteiger partial charge in [-0.2, -0.15) is 0 Å². The van der Waals surface area contributed by atoms with Crippen LogP contribution in [0.3, 0.4) is 0 Å². The van der Waals surface area contributed by atoms with Crippen molar-refractivity contribution >= 4 is 29.4 Å². The molecule has 3 amide bonds. The van der Waals surface area contributed by atoms with Gasteiger partial charge in [0, 0.05) is 30.9 Å². The quantitative estimate of drug-likeness (QED) is 0.390. The number of nitrogens with zero attached hydrogens (tertiary/aromatic N) is 2. The molecule has 146 valence electrons. The first-order valence-corrected chi connectivity index (χ1v) is 7.91. The van der Waals surface area contributed by atoms with Crippen molar-refractivity contribution in [1.29, 1.82) is 0 Å². The first-order chi connectivity index (χ1) is 13.3. The van der Waals surface area contributed by atoms with Crippen LogP contribution in [0.4, 0.5) is 5.69 Å². The van der Waals surface area contributed by atoms with Gasteiger partial charge in [0.1, 0.15) is 12.2 Å². The smallest absolute Gasteiger partial charge is 0.325 e. The number of carbonyl (C=O) groups excluding carboxylic acids is 4. The summed E-state index contributed by atoms with van der Waals surface area (Å²) in [4.78, 5) is 57.0. The number of hydrogen-bond acceptors (Lipinski definition) is 7. The van der Waals surface area contributed by atoms with E-state index in [0.29, 0.717) is 0 Å². The average Bonchev–Trinajstić information content (AvgIpc) is 3.10. The zero-order chi connectivity index (χ0) is 20.7. The lowest BCUT2D eigenvalue weighted by atomic mass is 10.2. The lowest BCUT2D eigenvalue weighted by Crippen LogP contribution is -2.37. The highest BCUT2D eigenvalue weighted by Gasteiger charge is 2.16. The minimum absolute atomic E-state index is 0.00657. The number of hydrogen-bond donors (Lipinski definition) is 2. The molecular weight excluding hydrogens is 372 g/mol.